The van der Waals surface area contributed by atoms with E-state index in [0.29, 0.717) is 12.0 Å². The summed E-state index contributed by atoms with van der Waals surface area (Å²) in [6, 6.07) is 7.98. The molecule has 156 valence electrons. The quantitative estimate of drug-likeness (QED) is 0.572. The van der Waals surface area contributed by atoms with Gasteiger partial charge in [-0.05, 0) is 55.9 Å². The average Bonchev–Trinajstić information content (AvgIpc) is 3.49. The van der Waals surface area contributed by atoms with Crippen LogP contribution in [0.4, 0.5) is 4.39 Å². The van der Waals surface area contributed by atoms with Gasteiger partial charge in [-0.3, -0.25) is 9.78 Å². The molecule has 3 aromatic rings. The Hall–Kier alpha value is -2.64. The number of hydrogen-bond acceptors (Lipinski definition) is 5. The van der Waals surface area contributed by atoms with Gasteiger partial charge in [-0.15, -0.1) is 11.3 Å². The topological polar surface area (TPSA) is 75.1 Å². The van der Waals surface area contributed by atoms with Gasteiger partial charge in [0.15, 0.2) is 0 Å². The largest absolute Gasteiger partial charge is 0.388 e. The Morgan fingerprint density at radius 3 is 2.70 bits per heavy atom. The molecule has 5 nitrogen and oxygen atoms in total. The lowest BCUT2D eigenvalue weighted by Gasteiger charge is -2.23. The fourth-order valence-electron chi connectivity index (χ4n) is 3.51. The summed E-state index contributed by atoms with van der Waals surface area (Å²) < 4.78 is 13.4. The summed E-state index contributed by atoms with van der Waals surface area (Å²) in [5, 5.41) is 16.2. The maximum atomic E-state index is 13.4. The summed E-state index contributed by atoms with van der Waals surface area (Å²) in [6.07, 6.45) is 6.73. The molecule has 4 rings (SSSR count). The first kappa shape index (κ1) is 20.6. The molecule has 1 aliphatic carbocycles. The van der Waals surface area contributed by atoms with Crippen LogP contribution in [-0.2, 0) is 12.8 Å². The van der Waals surface area contributed by atoms with Crippen LogP contribution < -0.4 is 5.32 Å². The van der Waals surface area contributed by atoms with Crippen LogP contribution in [0.15, 0.2) is 48.1 Å². The van der Waals surface area contributed by atoms with Gasteiger partial charge in [0, 0.05) is 42.0 Å². The third-order valence-electron chi connectivity index (χ3n) is 5.51. The van der Waals surface area contributed by atoms with Crippen molar-refractivity contribution in [2.45, 2.75) is 38.2 Å². The number of halogens is 1. The molecule has 0 bridgehead atoms. The van der Waals surface area contributed by atoms with E-state index in [0.717, 1.165) is 41.1 Å². The number of carbonyl (C=O) groups excluding carboxylic acids is 1. The Bertz CT molecular complexity index is 1020. The van der Waals surface area contributed by atoms with Crippen LogP contribution in [-0.4, -0.2) is 33.1 Å². The molecule has 1 aromatic carbocycles. The van der Waals surface area contributed by atoms with E-state index in [2.05, 4.69) is 15.3 Å². The molecule has 1 fully saturated rings. The highest BCUT2D eigenvalue weighted by molar-refractivity contribution is 7.09. The SMILES string of the molecule is CC(O)(CNC(=O)c1cnc(CCc2nccs2)c(-c2ccc(F)cc2)c1)C1CC1. The lowest BCUT2D eigenvalue weighted by Crippen LogP contribution is -2.42. The Morgan fingerprint density at radius 2 is 2.03 bits per heavy atom. The number of aromatic nitrogens is 2. The highest BCUT2D eigenvalue weighted by atomic mass is 32.1. The number of aliphatic hydroxyl groups is 1. The number of nitrogens with zero attached hydrogens (tertiary/aromatic N) is 2. The van der Waals surface area contributed by atoms with E-state index in [9.17, 15) is 14.3 Å². The van der Waals surface area contributed by atoms with Crippen molar-refractivity contribution in [3.63, 3.8) is 0 Å². The fraction of sp³-hybridized carbons (Fsp3) is 0.348. The number of amides is 1. The van der Waals surface area contributed by atoms with Crippen LogP contribution in [0.3, 0.4) is 0 Å². The zero-order valence-corrected chi connectivity index (χ0v) is 17.6. The zero-order chi connectivity index (χ0) is 21.1. The smallest absolute Gasteiger partial charge is 0.252 e. The summed E-state index contributed by atoms with van der Waals surface area (Å²) >= 11 is 1.59. The van der Waals surface area contributed by atoms with Gasteiger partial charge in [-0.25, -0.2) is 9.37 Å². The molecule has 1 saturated carbocycles. The lowest BCUT2D eigenvalue weighted by atomic mass is 9.98. The van der Waals surface area contributed by atoms with Crippen LogP contribution in [0.25, 0.3) is 11.1 Å². The van der Waals surface area contributed by atoms with E-state index >= 15 is 0 Å². The van der Waals surface area contributed by atoms with E-state index < -0.39 is 5.60 Å². The van der Waals surface area contributed by atoms with Crippen LogP contribution in [0.1, 0.15) is 40.8 Å². The number of hydrogen-bond donors (Lipinski definition) is 2. The molecule has 1 atom stereocenters. The first-order valence-electron chi connectivity index (χ1n) is 10.1. The van der Waals surface area contributed by atoms with Crippen molar-refractivity contribution in [1.29, 1.82) is 0 Å². The summed E-state index contributed by atoms with van der Waals surface area (Å²) in [7, 11) is 0. The molecule has 0 aliphatic heterocycles. The number of carbonyl (C=O) groups is 1. The van der Waals surface area contributed by atoms with Gasteiger partial charge in [0.2, 0.25) is 0 Å². The number of benzene rings is 1. The highest BCUT2D eigenvalue weighted by Crippen LogP contribution is 2.39. The van der Waals surface area contributed by atoms with E-state index in [1.807, 2.05) is 5.38 Å². The summed E-state index contributed by atoms with van der Waals surface area (Å²) in [5.74, 6) is -0.343. The average molecular weight is 426 g/mol. The molecule has 2 heterocycles. The van der Waals surface area contributed by atoms with Crippen molar-refractivity contribution in [1.82, 2.24) is 15.3 Å². The van der Waals surface area contributed by atoms with Gasteiger partial charge < -0.3 is 10.4 Å². The second-order valence-corrected chi connectivity index (χ2v) is 8.94. The van der Waals surface area contributed by atoms with Crippen molar-refractivity contribution < 1.29 is 14.3 Å². The maximum absolute atomic E-state index is 13.4. The van der Waals surface area contributed by atoms with Gasteiger partial charge in [0.05, 0.1) is 16.2 Å². The molecule has 1 unspecified atom stereocenters. The van der Waals surface area contributed by atoms with E-state index in [-0.39, 0.29) is 24.2 Å². The molecule has 7 heteroatoms. The van der Waals surface area contributed by atoms with Gasteiger partial charge in [-0.2, -0.15) is 0 Å². The van der Waals surface area contributed by atoms with Crippen LogP contribution in [0, 0.1) is 11.7 Å². The van der Waals surface area contributed by atoms with Gasteiger partial charge in [0.25, 0.3) is 5.91 Å². The third-order valence-corrected chi connectivity index (χ3v) is 6.35. The predicted molar refractivity (Wildman–Crippen MR) is 115 cm³/mol. The molecule has 1 aliphatic rings. The summed E-state index contributed by atoms with van der Waals surface area (Å²) in [4.78, 5) is 21.6. The molecular formula is C23H24FN3O2S. The summed E-state index contributed by atoms with van der Waals surface area (Å²) in [5.41, 5.74) is 1.96. The Balaban J connectivity index is 1.56. The molecular weight excluding hydrogens is 401 g/mol. The van der Waals surface area contributed by atoms with Crippen LogP contribution >= 0.6 is 11.3 Å². The Morgan fingerprint density at radius 1 is 1.27 bits per heavy atom. The third kappa shape index (κ3) is 4.91. The molecule has 2 aromatic heterocycles. The number of nitrogens with one attached hydrogen (secondary N) is 1. The predicted octanol–water partition coefficient (Wildman–Crippen LogP) is 4.02. The van der Waals surface area contributed by atoms with Gasteiger partial charge >= 0.3 is 0 Å². The second kappa shape index (κ2) is 8.62. The van der Waals surface area contributed by atoms with E-state index in [4.69, 9.17) is 0 Å². The number of rotatable bonds is 8. The Kier molecular flexibility index (Phi) is 5.92. The van der Waals surface area contributed by atoms with Crippen LogP contribution in [0.2, 0.25) is 0 Å². The molecule has 1 amide bonds. The normalized spacial score (nSPS) is 15.6. The molecule has 0 radical (unpaired) electrons. The minimum atomic E-state index is -0.892. The minimum Gasteiger partial charge on any atom is -0.388 e. The first-order valence-corrected chi connectivity index (χ1v) is 10.9. The highest BCUT2D eigenvalue weighted by Gasteiger charge is 2.40. The number of pyridine rings is 1. The van der Waals surface area contributed by atoms with Crippen molar-refractivity contribution in [3.8, 4) is 11.1 Å². The van der Waals surface area contributed by atoms with Crippen LogP contribution in [0.5, 0.6) is 0 Å². The molecule has 0 spiro atoms. The van der Waals surface area contributed by atoms with Crippen molar-refractivity contribution >= 4 is 17.2 Å². The molecule has 0 saturated heterocycles. The number of thiazole rings is 1. The standard InChI is InChI=1S/C23H24FN3O2S/c1-23(29,17-4-5-17)14-27-22(28)16-12-19(15-2-6-18(24)7-3-15)20(26-13-16)8-9-21-25-10-11-30-21/h2-3,6-7,10-13,17,29H,4-5,8-9,14H2,1H3,(H,27,28). The molecule has 30 heavy (non-hydrogen) atoms. The van der Waals surface area contributed by atoms with E-state index in [1.165, 1.54) is 12.1 Å². The molecule has 2 N–H and O–H groups in total. The van der Waals surface area contributed by atoms with Gasteiger partial charge in [-0.1, -0.05) is 12.1 Å². The zero-order valence-electron chi connectivity index (χ0n) is 16.8. The minimum absolute atomic E-state index is 0.203. The second-order valence-electron chi connectivity index (χ2n) is 7.97. The summed E-state index contributed by atoms with van der Waals surface area (Å²) in [6.45, 7) is 1.96. The monoisotopic (exact) mass is 425 g/mol. The number of aryl methyl sites for hydroxylation is 2. The van der Waals surface area contributed by atoms with Crippen molar-refractivity contribution in [2.24, 2.45) is 5.92 Å². The lowest BCUT2D eigenvalue weighted by molar-refractivity contribution is 0.0354. The Labute approximate surface area is 179 Å². The maximum Gasteiger partial charge on any atom is 0.252 e. The van der Waals surface area contributed by atoms with Crippen molar-refractivity contribution in [2.75, 3.05) is 6.54 Å². The first-order chi connectivity index (χ1) is 14.4. The fourth-order valence-corrected chi connectivity index (χ4v) is 4.13. The van der Waals surface area contributed by atoms with Crippen molar-refractivity contribution in [3.05, 3.63) is 70.2 Å². The van der Waals surface area contributed by atoms with E-state index in [1.54, 1.807) is 48.9 Å². The van der Waals surface area contributed by atoms with Gasteiger partial charge in [0.1, 0.15) is 5.82 Å².